The van der Waals surface area contributed by atoms with Crippen LogP contribution in [-0.2, 0) is 16.1 Å². The molecular formula is C11H15N3O3. The van der Waals surface area contributed by atoms with Crippen LogP contribution in [0, 0.1) is 5.92 Å². The number of aliphatic carboxylic acids is 1. The number of likely N-dealkylation sites (tertiary alicyclic amines) is 1. The number of imidazole rings is 1. The Kier molecular flexibility index (Phi) is 3.12. The molecule has 0 saturated carbocycles. The minimum absolute atomic E-state index is 0.0129. The fraction of sp³-hybridized carbons (Fsp3) is 0.545. The lowest BCUT2D eigenvalue weighted by Crippen LogP contribution is -2.37. The maximum atomic E-state index is 11.7. The first kappa shape index (κ1) is 11.6. The summed E-state index contributed by atoms with van der Waals surface area (Å²) < 4.78 is 1.88. The Morgan fingerprint density at radius 1 is 1.71 bits per heavy atom. The van der Waals surface area contributed by atoms with E-state index in [9.17, 15) is 9.59 Å². The molecule has 0 bridgehead atoms. The second-order valence-corrected chi connectivity index (χ2v) is 4.39. The summed E-state index contributed by atoms with van der Waals surface area (Å²) in [6.45, 7) is 2.87. The summed E-state index contributed by atoms with van der Waals surface area (Å²) in [7, 11) is 0. The second kappa shape index (κ2) is 4.57. The zero-order chi connectivity index (χ0) is 12.4. The molecule has 1 aromatic rings. The van der Waals surface area contributed by atoms with Crippen molar-refractivity contribution in [1.29, 1.82) is 0 Å². The fourth-order valence-electron chi connectivity index (χ4n) is 2.12. The number of nitrogens with zero attached hydrogens (tertiary/aromatic N) is 3. The van der Waals surface area contributed by atoms with E-state index in [0.717, 1.165) is 0 Å². The molecule has 1 amide bonds. The van der Waals surface area contributed by atoms with Crippen LogP contribution in [0.4, 0.5) is 0 Å². The van der Waals surface area contributed by atoms with E-state index in [1.54, 1.807) is 17.4 Å². The number of carbonyl (C=O) groups is 2. The van der Waals surface area contributed by atoms with Gasteiger partial charge in [-0.05, 0) is 6.92 Å². The van der Waals surface area contributed by atoms with Crippen LogP contribution in [-0.4, -0.2) is 44.0 Å². The molecule has 6 heteroatoms. The summed E-state index contributed by atoms with van der Waals surface area (Å²) in [6.07, 6.45) is 5.31. The molecule has 2 heterocycles. The van der Waals surface area contributed by atoms with Gasteiger partial charge in [0, 0.05) is 37.9 Å². The van der Waals surface area contributed by atoms with Crippen LogP contribution in [0.15, 0.2) is 18.7 Å². The minimum Gasteiger partial charge on any atom is -0.481 e. The normalized spacial score (nSPS) is 21.8. The molecule has 0 spiro atoms. The van der Waals surface area contributed by atoms with Gasteiger partial charge in [0.2, 0.25) is 5.91 Å². The van der Waals surface area contributed by atoms with Crippen molar-refractivity contribution in [3.05, 3.63) is 18.7 Å². The van der Waals surface area contributed by atoms with Crippen LogP contribution >= 0.6 is 0 Å². The smallest absolute Gasteiger partial charge is 0.308 e. The van der Waals surface area contributed by atoms with Crippen LogP contribution in [0.1, 0.15) is 13.3 Å². The Morgan fingerprint density at radius 3 is 3.00 bits per heavy atom. The lowest BCUT2D eigenvalue weighted by Gasteiger charge is -2.24. The largest absolute Gasteiger partial charge is 0.481 e. The fourth-order valence-corrected chi connectivity index (χ4v) is 2.12. The zero-order valence-corrected chi connectivity index (χ0v) is 9.61. The summed E-state index contributed by atoms with van der Waals surface area (Å²) in [5.74, 6) is -1.53. The molecule has 1 saturated heterocycles. The average Bonchev–Trinajstić information content (AvgIpc) is 2.86. The Balaban J connectivity index is 1.98. The molecule has 17 heavy (non-hydrogen) atoms. The summed E-state index contributed by atoms with van der Waals surface area (Å²) in [6, 6.07) is -0.0129. The lowest BCUT2D eigenvalue weighted by atomic mass is 10.1. The van der Waals surface area contributed by atoms with E-state index in [0.29, 0.717) is 13.1 Å². The summed E-state index contributed by atoms with van der Waals surface area (Å²) in [5.41, 5.74) is 0. The van der Waals surface area contributed by atoms with Crippen LogP contribution < -0.4 is 0 Å². The van der Waals surface area contributed by atoms with E-state index >= 15 is 0 Å². The molecule has 2 atom stereocenters. The summed E-state index contributed by atoms with van der Waals surface area (Å²) >= 11 is 0. The van der Waals surface area contributed by atoms with E-state index in [4.69, 9.17) is 5.11 Å². The average molecular weight is 237 g/mol. The number of rotatable bonds is 4. The Labute approximate surface area is 98.9 Å². The van der Waals surface area contributed by atoms with Crippen molar-refractivity contribution in [2.24, 2.45) is 5.92 Å². The first-order valence-corrected chi connectivity index (χ1v) is 5.56. The zero-order valence-electron chi connectivity index (χ0n) is 9.61. The highest BCUT2D eigenvalue weighted by Gasteiger charge is 2.36. The minimum atomic E-state index is -0.893. The van der Waals surface area contributed by atoms with Gasteiger partial charge in [-0.1, -0.05) is 0 Å². The number of carboxylic acids is 1. The Hall–Kier alpha value is -1.85. The molecule has 92 valence electrons. The topological polar surface area (TPSA) is 75.4 Å². The molecule has 6 nitrogen and oxygen atoms in total. The van der Waals surface area contributed by atoms with Crippen molar-refractivity contribution >= 4 is 11.9 Å². The van der Waals surface area contributed by atoms with Gasteiger partial charge in [0.15, 0.2) is 0 Å². The van der Waals surface area contributed by atoms with E-state index in [1.165, 1.54) is 0 Å². The van der Waals surface area contributed by atoms with Crippen LogP contribution in [0.3, 0.4) is 0 Å². The second-order valence-electron chi connectivity index (χ2n) is 4.39. The number of amides is 1. The van der Waals surface area contributed by atoms with Gasteiger partial charge in [-0.15, -0.1) is 0 Å². The van der Waals surface area contributed by atoms with Crippen molar-refractivity contribution in [3.63, 3.8) is 0 Å². The van der Waals surface area contributed by atoms with E-state index in [2.05, 4.69) is 4.98 Å². The van der Waals surface area contributed by atoms with Gasteiger partial charge in [-0.3, -0.25) is 9.59 Å². The van der Waals surface area contributed by atoms with E-state index in [-0.39, 0.29) is 18.4 Å². The van der Waals surface area contributed by atoms with Crippen molar-refractivity contribution in [2.75, 3.05) is 6.54 Å². The quantitative estimate of drug-likeness (QED) is 0.812. The van der Waals surface area contributed by atoms with Crippen LogP contribution in [0.25, 0.3) is 0 Å². The molecule has 1 aromatic heterocycles. The summed E-state index contributed by atoms with van der Waals surface area (Å²) in [5, 5.41) is 8.89. The summed E-state index contributed by atoms with van der Waals surface area (Å²) in [4.78, 5) is 28.1. The van der Waals surface area contributed by atoms with Gasteiger partial charge in [0.25, 0.3) is 0 Å². The molecule has 2 unspecified atom stereocenters. The Morgan fingerprint density at radius 2 is 2.47 bits per heavy atom. The molecule has 1 aliphatic rings. The van der Waals surface area contributed by atoms with Crippen LogP contribution in [0.5, 0.6) is 0 Å². The van der Waals surface area contributed by atoms with Gasteiger partial charge in [0.05, 0.1) is 12.2 Å². The van der Waals surface area contributed by atoms with Gasteiger partial charge >= 0.3 is 5.97 Å². The standard InChI is InChI=1S/C11H15N3O3/c1-8(5-13-3-2-12-7-13)14-6-9(11(16)17)4-10(14)15/h2-3,7-9H,4-6H2,1H3,(H,16,17). The predicted octanol–water partition coefficient (Wildman–Crippen LogP) is 0.205. The Bertz CT molecular complexity index is 416. The number of aromatic nitrogens is 2. The molecule has 0 aromatic carbocycles. The molecule has 0 aliphatic carbocycles. The van der Waals surface area contributed by atoms with Gasteiger partial charge in [0.1, 0.15) is 0 Å². The first-order valence-electron chi connectivity index (χ1n) is 5.56. The highest BCUT2D eigenvalue weighted by molar-refractivity contribution is 5.86. The first-order chi connectivity index (χ1) is 8.08. The third-order valence-corrected chi connectivity index (χ3v) is 3.07. The molecule has 2 rings (SSSR count). The highest BCUT2D eigenvalue weighted by Crippen LogP contribution is 2.20. The molecule has 1 N–H and O–H groups in total. The third-order valence-electron chi connectivity index (χ3n) is 3.07. The number of hydrogen-bond donors (Lipinski definition) is 1. The maximum Gasteiger partial charge on any atom is 0.308 e. The van der Waals surface area contributed by atoms with E-state index < -0.39 is 11.9 Å². The number of carboxylic acid groups (broad SMARTS) is 1. The van der Waals surface area contributed by atoms with Gasteiger partial charge in [-0.25, -0.2) is 4.98 Å². The van der Waals surface area contributed by atoms with Crippen molar-refractivity contribution in [3.8, 4) is 0 Å². The molecule has 1 fully saturated rings. The SMILES string of the molecule is CC(Cn1ccnc1)N1CC(C(=O)O)CC1=O. The number of carbonyl (C=O) groups excluding carboxylic acids is 1. The molecule has 0 radical (unpaired) electrons. The van der Waals surface area contributed by atoms with Crippen molar-refractivity contribution in [1.82, 2.24) is 14.5 Å². The highest BCUT2D eigenvalue weighted by atomic mass is 16.4. The van der Waals surface area contributed by atoms with Gasteiger partial charge in [-0.2, -0.15) is 0 Å². The van der Waals surface area contributed by atoms with Crippen molar-refractivity contribution < 1.29 is 14.7 Å². The maximum absolute atomic E-state index is 11.7. The number of hydrogen-bond acceptors (Lipinski definition) is 3. The van der Waals surface area contributed by atoms with Crippen molar-refractivity contribution in [2.45, 2.75) is 25.9 Å². The predicted molar refractivity (Wildman–Crippen MR) is 59.1 cm³/mol. The van der Waals surface area contributed by atoms with E-state index in [1.807, 2.05) is 17.7 Å². The monoisotopic (exact) mass is 237 g/mol. The third kappa shape index (κ3) is 2.46. The lowest BCUT2D eigenvalue weighted by molar-refractivity contribution is -0.141. The van der Waals surface area contributed by atoms with Crippen LogP contribution in [0.2, 0.25) is 0 Å². The van der Waals surface area contributed by atoms with Gasteiger partial charge < -0.3 is 14.6 Å². The molecular weight excluding hydrogens is 222 g/mol. The molecule has 1 aliphatic heterocycles.